The molecule has 4 rings (SSSR count). The molecule has 6 heteroatoms. The SMILES string of the molecule is O=C(NN=C1CCCC1)c1ccc([C@H]2SCC(=O)N2CCc2ccccc2)cc1. The quantitative estimate of drug-likeness (QED) is 0.732. The molecule has 2 fully saturated rings. The highest BCUT2D eigenvalue weighted by Gasteiger charge is 2.32. The van der Waals surface area contributed by atoms with E-state index in [1.54, 1.807) is 11.8 Å². The first-order chi connectivity index (χ1) is 14.2. The Bertz CT molecular complexity index is 888. The van der Waals surface area contributed by atoms with E-state index in [1.807, 2.05) is 47.4 Å². The molecule has 2 amide bonds. The average molecular weight is 408 g/mol. The van der Waals surface area contributed by atoms with E-state index in [1.165, 1.54) is 5.56 Å². The minimum Gasteiger partial charge on any atom is -0.326 e. The molecular formula is C23H25N3O2S. The number of carbonyl (C=O) groups excluding carboxylic acids is 2. The fraction of sp³-hybridized carbons (Fsp3) is 0.348. The van der Waals surface area contributed by atoms with Gasteiger partial charge in [-0.15, -0.1) is 11.8 Å². The van der Waals surface area contributed by atoms with Crippen LogP contribution < -0.4 is 5.43 Å². The van der Waals surface area contributed by atoms with Gasteiger partial charge in [0.15, 0.2) is 0 Å². The van der Waals surface area contributed by atoms with E-state index in [0.29, 0.717) is 17.9 Å². The van der Waals surface area contributed by atoms with Gasteiger partial charge in [-0.3, -0.25) is 9.59 Å². The summed E-state index contributed by atoms with van der Waals surface area (Å²) >= 11 is 1.64. The molecule has 0 unspecified atom stereocenters. The number of carbonyl (C=O) groups is 2. The lowest BCUT2D eigenvalue weighted by Crippen LogP contribution is -2.30. The Hall–Kier alpha value is -2.60. The van der Waals surface area contributed by atoms with E-state index in [2.05, 4.69) is 22.7 Å². The zero-order chi connectivity index (χ0) is 20.1. The van der Waals surface area contributed by atoms with Gasteiger partial charge in [0.2, 0.25) is 5.91 Å². The van der Waals surface area contributed by atoms with Crippen LogP contribution in [0, 0.1) is 0 Å². The van der Waals surface area contributed by atoms with E-state index < -0.39 is 0 Å². The standard InChI is InChI=1S/C23H25N3O2S/c27-21-16-29-23(26(21)15-14-17-6-2-1-3-7-17)19-12-10-18(11-13-19)22(28)25-24-20-8-4-5-9-20/h1-3,6-7,10-13,23H,4-5,8-9,14-16H2,(H,25,28)/t23-/m1/s1. The van der Waals surface area contributed by atoms with Gasteiger partial charge in [-0.05, 0) is 55.4 Å². The number of hydrogen-bond donors (Lipinski definition) is 1. The molecule has 1 saturated heterocycles. The number of hydrazone groups is 1. The molecule has 1 atom stereocenters. The van der Waals surface area contributed by atoms with Crippen LogP contribution in [0.3, 0.4) is 0 Å². The Morgan fingerprint density at radius 3 is 2.52 bits per heavy atom. The van der Waals surface area contributed by atoms with Crippen LogP contribution in [0.1, 0.15) is 52.5 Å². The minimum absolute atomic E-state index is 0.00190. The number of hydrogen-bond acceptors (Lipinski definition) is 4. The first-order valence-electron chi connectivity index (χ1n) is 10.1. The molecule has 2 aromatic rings. The third kappa shape index (κ3) is 4.88. The normalized spacial score (nSPS) is 18.9. The average Bonchev–Trinajstić information content (AvgIpc) is 3.41. The second-order valence-corrected chi connectivity index (χ2v) is 8.50. The molecule has 150 valence electrons. The Morgan fingerprint density at radius 1 is 1.07 bits per heavy atom. The molecule has 1 aliphatic heterocycles. The third-order valence-corrected chi connectivity index (χ3v) is 6.66. The highest BCUT2D eigenvalue weighted by Crippen LogP contribution is 2.38. The summed E-state index contributed by atoms with van der Waals surface area (Å²) in [6, 6.07) is 17.8. The number of nitrogens with zero attached hydrogens (tertiary/aromatic N) is 2. The van der Waals surface area contributed by atoms with E-state index in [-0.39, 0.29) is 17.2 Å². The van der Waals surface area contributed by atoms with Crippen molar-refractivity contribution in [3.8, 4) is 0 Å². The van der Waals surface area contributed by atoms with Gasteiger partial charge in [-0.1, -0.05) is 42.5 Å². The molecule has 0 aromatic heterocycles. The van der Waals surface area contributed by atoms with Gasteiger partial charge in [0.05, 0.1) is 5.75 Å². The minimum atomic E-state index is -0.188. The van der Waals surface area contributed by atoms with Gasteiger partial charge in [-0.2, -0.15) is 5.10 Å². The van der Waals surface area contributed by atoms with Crippen molar-refractivity contribution < 1.29 is 9.59 Å². The summed E-state index contributed by atoms with van der Waals surface area (Å²) in [4.78, 5) is 26.7. The Balaban J connectivity index is 1.39. The van der Waals surface area contributed by atoms with Crippen LogP contribution in [-0.2, 0) is 11.2 Å². The summed E-state index contributed by atoms with van der Waals surface area (Å²) < 4.78 is 0. The van der Waals surface area contributed by atoms with Gasteiger partial charge in [0.25, 0.3) is 5.91 Å². The second-order valence-electron chi connectivity index (χ2n) is 7.43. The van der Waals surface area contributed by atoms with Gasteiger partial charge >= 0.3 is 0 Å². The number of amides is 2. The van der Waals surface area contributed by atoms with Crippen molar-refractivity contribution in [1.82, 2.24) is 10.3 Å². The lowest BCUT2D eigenvalue weighted by molar-refractivity contribution is -0.128. The summed E-state index contributed by atoms with van der Waals surface area (Å²) in [5.41, 5.74) is 6.60. The maximum absolute atomic E-state index is 12.4. The van der Waals surface area contributed by atoms with Crippen LogP contribution in [0.15, 0.2) is 59.7 Å². The predicted molar refractivity (Wildman–Crippen MR) is 117 cm³/mol. The number of thioether (sulfide) groups is 1. The topological polar surface area (TPSA) is 61.8 Å². The zero-order valence-electron chi connectivity index (χ0n) is 16.3. The van der Waals surface area contributed by atoms with Crippen LogP contribution in [-0.4, -0.2) is 34.7 Å². The Kier molecular flexibility index (Phi) is 6.30. The largest absolute Gasteiger partial charge is 0.326 e. The summed E-state index contributed by atoms with van der Waals surface area (Å²) in [5, 5.41) is 4.24. The number of nitrogens with one attached hydrogen (secondary N) is 1. The molecule has 1 aliphatic carbocycles. The van der Waals surface area contributed by atoms with Crippen LogP contribution >= 0.6 is 11.8 Å². The van der Waals surface area contributed by atoms with Gasteiger partial charge in [0.1, 0.15) is 5.37 Å². The smallest absolute Gasteiger partial charge is 0.271 e. The summed E-state index contributed by atoms with van der Waals surface area (Å²) in [5.74, 6) is 0.483. The monoisotopic (exact) mass is 407 g/mol. The van der Waals surface area contributed by atoms with E-state index in [9.17, 15) is 9.59 Å². The second kappa shape index (κ2) is 9.27. The van der Waals surface area contributed by atoms with Crippen LogP contribution in [0.4, 0.5) is 0 Å². The molecule has 0 radical (unpaired) electrons. The van der Waals surface area contributed by atoms with Crippen molar-refractivity contribution >= 4 is 29.3 Å². The summed E-state index contributed by atoms with van der Waals surface area (Å²) in [7, 11) is 0. The Labute approximate surface area is 175 Å². The molecule has 0 spiro atoms. The van der Waals surface area contributed by atoms with Crippen molar-refractivity contribution in [2.75, 3.05) is 12.3 Å². The fourth-order valence-electron chi connectivity index (χ4n) is 3.75. The van der Waals surface area contributed by atoms with Crippen molar-refractivity contribution in [2.45, 2.75) is 37.5 Å². The third-order valence-electron chi connectivity index (χ3n) is 5.41. The molecule has 2 aliphatic rings. The van der Waals surface area contributed by atoms with E-state index in [4.69, 9.17) is 0 Å². The molecule has 1 N–H and O–H groups in total. The van der Waals surface area contributed by atoms with Crippen LogP contribution in [0.25, 0.3) is 0 Å². The highest BCUT2D eigenvalue weighted by atomic mass is 32.2. The predicted octanol–water partition coefficient (Wildman–Crippen LogP) is 4.16. The summed E-state index contributed by atoms with van der Waals surface area (Å²) in [6.45, 7) is 0.695. The fourth-order valence-corrected chi connectivity index (χ4v) is 4.97. The molecule has 5 nitrogen and oxygen atoms in total. The molecule has 1 saturated carbocycles. The maximum atomic E-state index is 12.4. The van der Waals surface area contributed by atoms with E-state index in [0.717, 1.165) is 43.4 Å². The molecule has 2 aromatic carbocycles. The highest BCUT2D eigenvalue weighted by molar-refractivity contribution is 8.00. The molecule has 29 heavy (non-hydrogen) atoms. The molecular weight excluding hydrogens is 382 g/mol. The Morgan fingerprint density at radius 2 is 1.79 bits per heavy atom. The maximum Gasteiger partial charge on any atom is 0.271 e. The summed E-state index contributed by atoms with van der Waals surface area (Å²) in [6.07, 6.45) is 5.10. The van der Waals surface area contributed by atoms with E-state index >= 15 is 0 Å². The van der Waals surface area contributed by atoms with Crippen LogP contribution in [0.5, 0.6) is 0 Å². The van der Waals surface area contributed by atoms with Crippen molar-refractivity contribution in [3.05, 3.63) is 71.3 Å². The van der Waals surface area contributed by atoms with Crippen molar-refractivity contribution in [2.24, 2.45) is 5.10 Å². The van der Waals surface area contributed by atoms with Gasteiger partial charge in [-0.25, -0.2) is 5.43 Å². The number of benzene rings is 2. The van der Waals surface area contributed by atoms with Crippen molar-refractivity contribution in [3.63, 3.8) is 0 Å². The lowest BCUT2D eigenvalue weighted by atomic mass is 10.1. The molecule has 1 heterocycles. The first-order valence-corrected chi connectivity index (χ1v) is 11.2. The van der Waals surface area contributed by atoms with Gasteiger partial charge in [0, 0.05) is 17.8 Å². The van der Waals surface area contributed by atoms with Gasteiger partial charge < -0.3 is 4.90 Å². The van der Waals surface area contributed by atoms with Crippen molar-refractivity contribution in [1.29, 1.82) is 0 Å². The molecule has 0 bridgehead atoms. The zero-order valence-corrected chi connectivity index (χ0v) is 17.2. The lowest BCUT2D eigenvalue weighted by Gasteiger charge is -2.24. The first kappa shape index (κ1) is 19.7. The van der Waals surface area contributed by atoms with Crippen LogP contribution in [0.2, 0.25) is 0 Å². The number of rotatable bonds is 6.